The quantitative estimate of drug-likeness (QED) is 0.352. The molecule has 3 nitrogen and oxygen atoms in total. The average Bonchev–Trinajstić information content (AvgIpc) is 2.51. The predicted octanol–water partition coefficient (Wildman–Crippen LogP) is 1.05. The molecule has 0 amide bonds. The van der Waals surface area contributed by atoms with Crippen molar-refractivity contribution < 1.29 is 14.0 Å². The lowest BCUT2D eigenvalue weighted by molar-refractivity contribution is -0.111. The van der Waals surface area contributed by atoms with Crippen LogP contribution in [0.5, 0.6) is 0 Å². The van der Waals surface area contributed by atoms with Crippen LogP contribution in [0.3, 0.4) is 0 Å². The van der Waals surface area contributed by atoms with Gasteiger partial charge in [0.2, 0.25) is 11.6 Å². The molecule has 12 heavy (non-hydrogen) atoms. The molecular formula is C9H6O3. The molecule has 0 saturated heterocycles. The smallest absolute Gasteiger partial charge is 0.239 e. The van der Waals surface area contributed by atoms with Gasteiger partial charge in [0.25, 0.3) is 0 Å². The van der Waals surface area contributed by atoms with Crippen LogP contribution in [0.25, 0.3) is 0 Å². The Balaban J connectivity index is 2.77. The van der Waals surface area contributed by atoms with Gasteiger partial charge in [-0.1, -0.05) is 0 Å². The second-order valence-corrected chi connectivity index (χ2v) is 2.15. The first kappa shape index (κ1) is 8.28. The first-order chi connectivity index (χ1) is 5.70. The minimum Gasteiger partial charge on any atom is -0.472 e. The second-order valence-electron chi connectivity index (χ2n) is 2.15. The molecule has 0 atom stereocenters. The van der Waals surface area contributed by atoms with Gasteiger partial charge in [-0.2, -0.15) is 0 Å². The van der Waals surface area contributed by atoms with Crippen LogP contribution in [0.4, 0.5) is 0 Å². The fourth-order valence-corrected chi connectivity index (χ4v) is 0.611. The highest BCUT2D eigenvalue weighted by Crippen LogP contribution is 1.99. The van der Waals surface area contributed by atoms with E-state index in [1.807, 2.05) is 0 Å². The summed E-state index contributed by atoms with van der Waals surface area (Å²) in [6, 6.07) is 1.50. The average molecular weight is 162 g/mol. The number of carbonyl (C=O) groups excluding carboxylic acids is 2. The summed E-state index contributed by atoms with van der Waals surface area (Å²) < 4.78 is 4.67. The zero-order valence-electron chi connectivity index (χ0n) is 6.46. The monoisotopic (exact) mass is 162 g/mol. The van der Waals surface area contributed by atoms with E-state index in [0.717, 1.165) is 0 Å². The molecule has 0 saturated carbocycles. The molecule has 1 rings (SSSR count). The van der Waals surface area contributed by atoms with Crippen molar-refractivity contribution in [2.24, 2.45) is 0 Å². The lowest BCUT2D eigenvalue weighted by Gasteiger charge is -1.80. The number of Topliss-reactive ketones (excluding diaryl/α,β-unsaturated/α-hetero) is 2. The molecule has 0 N–H and O–H groups in total. The van der Waals surface area contributed by atoms with Crippen LogP contribution in [0, 0.1) is 11.8 Å². The van der Waals surface area contributed by atoms with Crippen LogP contribution >= 0.6 is 0 Å². The van der Waals surface area contributed by atoms with Gasteiger partial charge in [0, 0.05) is 6.92 Å². The van der Waals surface area contributed by atoms with Gasteiger partial charge >= 0.3 is 0 Å². The summed E-state index contributed by atoms with van der Waals surface area (Å²) in [6.45, 7) is 1.30. The van der Waals surface area contributed by atoms with E-state index >= 15 is 0 Å². The molecule has 0 spiro atoms. The van der Waals surface area contributed by atoms with Crippen molar-refractivity contribution in [2.45, 2.75) is 6.92 Å². The van der Waals surface area contributed by atoms with Gasteiger partial charge in [-0.25, -0.2) is 0 Å². The fraction of sp³-hybridized carbons (Fsp3) is 0.111. The molecule has 0 fully saturated rings. The van der Waals surface area contributed by atoms with Crippen LogP contribution < -0.4 is 0 Å². The van der Waals surface area contributed by atoms with E-state index in [1.54, 1.807) is 0 Å². The van der Waals surface area contributed by atoms with E-state index in [4.69, 9.17) is 0 Å². The summed E-state index contributed by atoms with van der Waals surface area (Å²) in [6.07, 6.45) is 2.67. The summed E-state index contributed by atoms with van der Waals surface area (Å²) >= 11 is 0. The highest BCUT2D eigenvalue weighted by Gasteiger charge is 2.01. The number of ketones is 2. The van der Waals surface area contributed by atoms with Crippen molar-refractivity contribution in [1.82, 2.24) is 0 Å². The van der Waals surface area contributed by atoms with E-state index in [2.05, 4.69) is 16.3 Å². The number of hydrogen-bond donors (Lipinski definition) is 0. The molecule has 0 aromatic carbocycles. The summed E-state index contributed by atoms with van der Waals surface area (Å²) in [5.74, 6) is 3.61. The Bertz CT molecular complexity index is 349. The molecule has 60 valence electrons. The third-order valence-corrected chi connectivity index (χ3v) is 1.14. The van der Waals surface area contributed by atoms with Crippen molar-refractivity contribution in [1.29, 1.82) is 0 Å². The molecule has 0 aliphatic rings. The summed E-state index contributed by atoms with van der Waals surface area (Å²) in [4.78, 5) is 21.4. The zero-order valence-corrected chi connectivity index (χ0v) is 6.46. The Hall–Kier alpha value is -1.82. The third-order valence-electron chi connectivity index (χ3n) is 1.14. The van der Waals surface area contributed by atoms with Gasteiger partial charge in [0.05, 0.1) is 11.8 Å². The van der Waals surface area contributed by atoms with Gasteiger partial charge in [-0.3, -0.25) is 9.59 Å². The lowest BCUT2D eigenvalue weighted by atomic mass is 10.2. The van der Waals surface area contributed by atoms with Gasteiger partial charge < -0.3 is 4.42 Å². The molecule has 1 aromatic heterocycles. The van der Waals surface area contributed by atoms with E-state index in [0.29, 0.717) is 5.56 Å². The maximum atomic E-state index is 11.0. The van der Waals surface area contributed by atoms with Crippen LogP contribution in [0.1, 0.15) is 17.3 Å². The fourth-order valence-electron chi connectivity index (χ4n) is 0.611. The maximum absolute atomic E-state index is 11.0. The number of carbonyl (C=O) groups is 2. The molecule has 0 bridgehead atoms. The topological polar surface area (TPSA) is 47.3 Å². The van der Waals surface area contributed by atoms with E-state index < -0.39 is 5.78 Å². The molecule has 1 aromatic rings. The van der Waals surface area contributed by atoms with Crippen molar-refractivity contribution in [3.8, 4) is 11.8 Å². The molecule has 0 aliphatic heterocycles. The van der Waals surface area contributed by atoms with Crippen LogP contribution in [0.2, 0.25) is 0 Å². The first-order valence-corrected chi connectivity index (χ1v) is 3.29. The summed E-state index contributed by atoms with van der Waals surface area (Å²) in [5.41, 5.74) is 0.365. The van der Waals surface area contributed by atoms with Crippen molar-refractivity contribution >= 4 is 11.6 Å². The van der Waals surface area contributed by atoms with Gasteiger partial charge in [-0.05, 0) is 17.9 Å². The van der Waals surface area contributed by atoms with E-state index in [1.165, 1.54) is 25.5 Å². The normalized spacial score (nSPS) is 8.42. The highest BCUT2D eigenvalue weighted by atomic mass is 16.3. The Morgan fingerprint density at radius 2 is 2.17 bits per heavy atom. The van der Waals surface area contributed by atoms with Crippen LogP contribution in [-0.4, -0.2) is 11.6 Å². The molecule has 0 unspecified atom stereocenters. The van der Waals surface area contributed by atoms with Crippen molar-refractivity contribution in [3.63, 3.8) is 0 Å². The maximum Gasteiger partial charge on any atom is 0.239 e. The number of hydrogen-bond acceptors (Lipinski definition) is 3. The van der Waals surface area contributed by atoms with Gasteiger partial charge in [0.1, 0.15) is 6.26 Å². The third kappa shape index (κ3) is 2.10. The molecular weight excluding hydrogens is 156 g/mol. The standard InChI is InChI=1S/C9H6O3/c1-7(10)2-3-9(11)8-4-5-12-6-8/h4-6H,1H3. The Kier molecular flexibility index (Phi) is 2.44. The van der Waals surface area contributed by atoms with Crippen molar-refractivity contribution in [2.75, 3.05) is 0 Å². The SMILES string of the molecule is CC(=O)C#CC(=O)c1ccoc1. The molecule has 1 heterocycles. The lowest BCUT2D eigenvalue weighted by Crippen LogP contribution is -1.93. The minimum atomic E-state index is -0.404. The predicted molar refractivity (Wildman–Crippen MR) is 41.5 cm³/mol. The Labute approximate surface area is 69.4 Å². The van der Waals surface area contributed by atoms with Crippen LogP contribution in [0.15, 0.2) is 23.0 Å². The van der Waals surface area contributed by atoms with Gasteiger partial charge in [-0.15, -0.1) is 0 Å². The van der Waals surface area contributed by atoms with Crippen LogP contribution in [-0.2, 0) is 4.79 Å². The van der Waals surface area contributed by atoms with E-state index in [9.17, 15) is 9.59 Å². The molecule has 0 radical (unpaired) electrons. The van der Waals surface area contributed by atoms with Gasteiger partial charge in [0.15, 0.2) is 0 Å². The molecule has 3 heteroatoms. The number of rotatable bonds is 1. The summed E-state index contributed by atoms with van der Waals surface area (Å²) in [7, 11) is 0. The van der Waals surface area contributed by atoms with E-state index in [-0.39, 0.29) is 5.78 Å². The Morgan fingerprint density at radius 3 is 2.67 bits per heavy atom. The zero-order chi connectivity index (χ0) is 8.97. The largest absolute Gasteiger partial charge is 0.472 e. The minimum absolute atomic E-state index is 0.327. The Morgan fingerprint density at radius 1 is 1.42 bits per heavy atom. The second kappa shape index (κ2) is 3.54. The van der Waals surface area contributed by atoms with Crippen molar-refractivity contribution in [3.05, 3.63) is 24.2 Å². The highest BCUT2D eigenvalue weighted by molar-refractivity contribution is 6.12. The first-order valence-electron chi connectivity index (χ1n) is 3.29. The number of furan rings is 1. The summed E-state index contributed by atoms with van der Waals surface area (Å²) in [5, 5.41) is 0. The molecule has 0 aliphatic carbocycles.